The number of rotatable bonds is 4. The van der Waals surface area contributed by atoms with Gasteiger partial charge in [0.05, 0.1) is 10.6 Å². The second kappa shape index (κ2) is 7.93. The van der Waals surface area contributed by atoms with Crippen molar-refractivity contribution in [2.24, 2.45) is 0 Å². The fourth-order valence-electron chi connectivity index (χ4n) is 2.20. The van der Waals surface area contributed by atoms with E-state index in [2.05, 4.69) is 10.3 Å². The number of hydrogen-bond acceptors (Lipinski definition) is 7. The van der Waals surface area contributed by atoms with Crippen molar-refractivity contribution in [1.82, 2.24) is 4.98 Å². The fourth-order valence-corrected chi connectivity index (χ4v) is 3.01. The Morgan fingerprint density at radius 2 is 1.93 bits per heavy atom. The predicted octanol–water partition coefficient (Wildman–Crippen LogP) is 4.29. The number of hydrogen-bond donors (Lipinski definition) is 1. The highest BCUT2D eigenvalue weighted by Crippen LogP contribution is 2.28. The number of nitrogens with one attached hydrogen (secondary N) is 1. The molecule has 0 spiro atoms. The van der Waals surface area contributed by atoms with E-state index in [9.17, 15) is 19.7 Å². The van der Waals surface area contributed by atoms with Gasteiger partial charge in [0.15, 0.2) is 5.13 Å². The van der Waals surface area contributed by atoms with Crippen molar-refractivity contribution in [2.45, 2.75) is 40.2 Å². The molecule has 150 valence electrons. The largest absolute Gasteiger partial charge is 0.443 e. The summed E-state index contributed by atoms with van der Waals surface area (Å²) >= 11 is 1.28. The van der Waals surface area contributed by atoms with E-state index in [1.807, 2.05) is 6.92 Å². The minimum absolute atomic E-state index is 0.177. The van der Waals surface area contributed by atoms with Gasteiger partial charge in [0.1, 0.15) is 11.2 Å². The molecule has 0 aliphatic carbocycles. The smallest absolute Gasteiger partial charge is 0.414 e. The molecule has 28 heavy (non-hydrogen) atoms. The number of carbonyl (C=O) groups is 2. The lowest BCUT2D eigenvalue weighted by molar-refractivity contribution is -0.385. The highest BCUT2D eigenvalue weighted by atomic mass is 32.1. The molecule has 1 heterocycles. The van der Waals surface area contributed by atoms with Crippen LogP contribution in [0.4, 0.5) is 21.3 Å². The molecule has 0 atom stereocenters. The van der Waals surface area contributed by atoms with Crippen LogP contribution in [0.1, 0.15) is 41.7 Å². The van der Waals surface area contributed by atoms with Crippen LogP contribution in [0, 0.1) is 24.0 Å². The summed E-state index contributed by atoms with van der Waals surface area (Å²) in [7, 11) is 1.46. The quantitative estimate of drug-likeness (QED) is 0.598. The maximum Gasteiger partial charge on any atom is 0.414 e. The zero-order valence-electron chi connectivity index (χ0n) is 16.5. The third-order valence-electron chi connectivity index (χ3n) is 3.73. The first-order valence-electron chi connectivity index (χ1n) is 8.39. The number of nitro groups is 1. The zero-order chi connectivity index (χ0) is 21.2. The van der Waals surface area contributed by atoms with Gasteiger partial charge >= 0.3 is 6.09 Å². The van der Waals surface area contributed by atoms with Gasteiger partial charge in [0.2, 0.25) is 0 Å². The van der Waals surface area contributed by atoms with E-state index in [0.717, 1.165) is 10.6 Å². The minimum atomic E-state index is -0.702. The first-order valence-corrected chi connectivity index (χ1v) is 9.21. The summed E-state index contributed by atoms with van der Waals surface area (Å²) in [6.07, 6.45) is -0.640. The van der Waals surface area contributed by atoms with E-state index in [-0.39, 0.29) is 16.9 Å². The summed E-state index contributed by atoms with van der Waals surface area (Å²) in [4.78, 5) is 41.9. The van der Waals surface area contributed by atoms with Crippen LogP contribution in [-0.4, -0.2) is 34.6 Å². The van der Waals surface area contributed by atoms with E-state index in [1.54, 1.807) is 27.7 Å². The first kappa shape index (κ1) is 21.3. The average Bonchev–Trinajstić information content (AvgIpc) is 2.89. The second-order valence-corrected chi connectivity index (χ2v) is 8.32. The molecule has 0 radical (unpaired) electrons. The lowest BCUT2D eigenvalue weighted by Gasteiger charge is -2.24. The van der Waals surface area contributed by atoms with Gasteiger partial charge in [-0.05, 0) is 46.8 Å². The number of amides is 2. The molecule has 0 saturated heterocycles. The summed E-state index contributed by atoms with van der Waals surface area (Å²) in [5.74, 6) is -0.681. The molecule has 2 amide bonds. The molecule has 2 aromatic rings. The maximum absolute atomic E-state index is 12.6. The predicted molar refractivity (Wildman–Crippen MR) is 107 cm³/mol. The SMILES string of the molecule is Cc1nc(NC(=O)c2cc(N(C)C(=O)OC(C)(C)C)ccc2[N+](=O)[O-])sc1C. The van der Waals surface area contributed by atoms with Crippen LogP contribution in [-0.2, 0) is 4.74 Å². The van der Waals surface area contributed by atoms with E-state index >= 15 is 0 Å². The third kappa shape index (κ3) is 5.03. The van der Waals surface area contributed by atoms with Crippen molar-refractivity contribution in [3.8, 4) is 0 Å². The molecule has 0 fully saturated rings. The number of carbonyl (C=O) groups excluding carboxylic acids is 2. The minimum Gasteiger partial charge on any atom is -0.443 e. The Morgan fingerprint density at radius 1 is 1.29 bits per heavy atom. The number of aromatic nitrogens is 1. The van der Waals surface area contributed by atoms with Crippen LogP contribution in [0.15, 0.2) is 18.2 Å². The lowest BCUT2D eigenvalue weighted by atomic mass is 10.1. The van der Waals surface area contributed by atoms with E-state index < -0.39 is 22.5 Å². The van der Waals surface area contributed by atoms with Crippen LogP contribution in [0.2, 0.25) is 0 Å². The highest BCUT2D eigenvalue weighted by Gasteiger charge is 2.25. The van der Waals surface area contributed by atoms with Crippen LogP contribution >= 0.6 is 11.3 Å². The van der Waals surface area contributed by atoms with Crippen molar-refractivity contribution >= 4 is 39.8 Å². The molecule has 1 aromatic heterocycles. The number of anilines is 2. The van der Waals surface area contributed by atoms with E-state index in [1.165, 1.54) is 41.5 Å². The Hall–Kier alpha value is -3.01. The van der Waals surface area contributed by atoms with Gasteiger partial charge in [-0.25, -0.2) is 9.78 Å². The molecule has 0 aliphatic heterocycles. The van der Waals surface area contributed by atoms with E-state index in [0.29, 0.717) is 5.13 Å². The molecular weight excluding hydrogens is 384 g/mol. The van der Waals surface area contributed by atoms with Crippen LogP contribution in [0.3, 0.4) is 0 Å². The van der Waals surface area contributed by atoms with Crippen LogP contribution in [0.25, 0.3) is 0 Å². The molecular formula is C18H22N4O5S. The Balaban J connectivity index is 2.36. The molecule has 1 aromatic carbocycles. The molecule has 0 saturated carbocycles. The number of nitro benzene ring substituents is 1. The molecule has 2 rings (SSSR count). The number of thiazole rings is 1. The van der Waals surface area contributed by atoms with Crippen molar-refractivity contribution in [1.29, 1.82) is 0 Å². The lowest BCUT2D eigenvalue weighted by Crippen LogP contribution is -2.34. The summed E-state index contributed by atoms with van der Waals surface area (Å²) in [5.41, 5.74) is -0.190. The summed E-state index contributed by atoms with van der Waals surface area (Å²) in [6, 6.07) is 3.85. The van der Waals surface area contributed by atoms with Gasteiger partial charge in [0, 0.05) is 23.7 Å². The normalized spacial score (nSPS) is 11.1. The molecule has 0 bridgehead atoms. The Bertz CT molecular complexity index is 913. The molecule has 0 unspecified atom stereocenters. The number of nitrogens with zero attached hydrogens (tertiary/aromatic N) is 3. The number of aryl methyl sites for hydroxylation is 2. The second-order valence-electron chi connectivity index (χ2n) is 7.11. The van der Waals surface area contributed by atoms with Gasteiger partial charge in [-0.2, -0.15) is 0 Å². The molecule has 1 N–H and O–H groups in total. The van der Waals surface area contributed by atoms with Crippen molar-refractivity contribution in [3.05, 3.63) is 44.4 Å². The highest BCUT2D eigenvalue weighted by molar-refractivity contribution is 7.15. The Morgan fingerprint density at radius 3 is 2.43 bits per heavy atom. The Labute approximate surface area is 166 Å². The monoisotopic (exact) mass is 406 g/mol. The van der Waals surface area contributed by atoms with Gasteiger partial charge in [-0.15, -0.1) is 11.3 Å². The number of ether oxygens (including phenoxy) is 1. The molecule has 0 aliphatic rings. The van der Waals surface area contributed by atoms with Gasteiger partial charge in [0.25, 0.3) is 11.6 Å². The maximum atomic E-state index is 12.6. The van der Waals surface area contributed by atoms with Crippen LogP contribution < -0.4 is 10.2 Å². The average molecular weight is 406 g/mol. The summed E-state index contributed by atoms with van der Waals surface area (Å²) in [6.45, 7) is 8.85. The Kier molecular flexibility index (Phi) is 6.03. The topological polar surface area (TPSA) is 115 Å². The van der Waals surface area contributed by atoms with Gasteiger partial charge in [-0.3, -0.25) is 25.1 Å². The third-order valence-corrected chi connectivity index (χ3v) is 4.71. The van der Waals surface area contributed by atoms with E-state index in [4.69, 9.17) is 4.74 Å². The zero-order valence-corrected chi connectivity index (χ0v) is 17.3. The van der Waals surface area contributed by atoms with Crippen molar-refractivity contribution in [3.63, 3.8) is 0 Å². The standard InChI is InChI=1S/C18H22N4O5S/c1-10-11(2)28-16(19-10)20-15(23)13-9-12(7-8-14(13)22(25)26)21(6)17(24)27-18(3,4)5/h7-9H,1-6H3,(H,19,20,23). The van der Waals surface area contributed by atoms with Gasteiger partial charge in [-0.1, -0.05) is 0 Å². The van der Waals surface area contributed by atoms with Crippen molar-refractivity contribution < 1.29 is 19.2 Å². The molecule has 9 nitrogen and oxygen atoms in total. The fraction of sp³-hybridized carbons (Fsp3) is 0.389. The van der Waals surface area contributed by atoms with Gasteiger partial charge < -0.3 is 4.74 Å². The summed E-state index contributed by atoms with van der Waals surface area (Å²) < 4.78 is 5.29. The molecule has 10 heteroatoms. The first-order chi connectivity index (χ1) is 12.9. The van der Waals surface area contributed by atoms with Crippen molar-refractivity contribution in [2.75, 3.05) is 17.3 Å². The van der Waals surface area contributed by atoms with Crippen LogP contribution in [0.5, 0.6) is 0 Å². The summed E-state index contributed by atoms with van der Waals surface area (Å²) in [5, 5.41) is 14.3. The number of benzene rings is 1.